The molecule has 2 atom stereocenters. The molecule has 8 nitrogen and oxygen atoms in total. The van der Waals surface area contributed by atoms with Crippen LogP contribution in [0.15, 0.2) is 24.5 Å². The Bertz CT molecular complexity index is 723. The molecular weight excluding hydrogens is 551 g/mol. The van der Waals surface area contributed by atoms with Crippen molar-refractivity contribution in [2.24, 2.45) is 0 Å². The molecule has 0 saturated carbocycles. The number of phosphoric acid groups is 1. The molecule has 0 spiro atoms. The van der Waals surface area contributed by atoms with Gasteiger partial charge in [0.05, 0.1) is 13.2 Å². The molecule has 0 aliphatic rings. The van der Waals surface area contributed by atoms with Gasteiger partial charge in [-0.15, -0.1) is 0 Å². The molecule has 1 N–H and O–H groups in total. The molecule has 0 aliphatic carbocycles. The normalized spacial score (nSPS) is 13.8. The van der Waals surface area contributed by atoms with Gasteiger partial charge in [-0.25, -0.2) is 4.57 Å². The smallest absolute Gasteiger partial charge is 0.376 e. The van der Waals surface area contributed by atoms with Crippen LogP contribution < -0.4 is 14.4 Å². The Morgan fingerprint density at radius 1 is 0.738 bits per heavy atom. The van der Waals surface area contributed by atoms with E-state index in [1.165, 1.54) is 89.2 Å². The molecule has 0 aromatic carbocycles. The van der Waals surface area contributed by atoms with Crippen molar-refractivity contribution in [2.75, 3.05) is 52.0 Å². The summed E-state index contributed by atoms with van der Waals surface area (Å²) >= 11 is 0. The van der Waals surface area contributed by atoms with Crippen LogP contribution in [0.2, 0.25) is 0 Å². The van der Waals surface area contributed by atoms with Crippen molar-refractivity contribution in [2.45, 2.75) is 136 Å². The van der Waals surface area contributed by atoms with E-state index < -0.39 is 8.17 Å². The monoisotopic (exact) mass is 615 g/mol. The fourth-order valence-electron chi connectivity index (χ4n) is 4.86. The molecule has 0 saturated heterocycles. The summed E-state index contributed by atoms with van der Waals surface area (Å²) in [6, 6.07) is 4.17. The van der Waals surface area contributed by atoms with Crippen molar-refractivity contribution in [3.63, 3.8) is 0 Å². The van der Waals surface area contributed by atoms with Crippen LogP contribution in [0.5, 0.6) is 0 Å². The molecule has 0 amide bonds. The number of nitrogens with zero attached hydrogens (tertiary/aromatic N) is 2. The number of aryl methyl sites for hydroxylation is 1. The summed E-state index contributed by atoms with van der Waals surface area (Å²) in [7, 11) is -0.0657. The van der Waals surface area contributed by atoms with Gasteiger partial charge in [-0.2, -0.15) is 13.9 Å². The van der Waals surface area contributed by atoms with E-state index in [9.17, 15) is 9.79 Å². The Labute approximate surface area is 258 Å². The van der Waals surface area contributed by atoms with E-state index in [1.54, 1.807) is 0 Å². The van der Waals surface area contributed by atoms with Gasteiger partial charge in [-0.05, 0) is 26.2 Å². The Morgan fingerprint density at radius 3 is 1.81 bits per heavy atom. The van der Waals surface area contributed by atoms with Gasteiger partial charge in [0.2, 0.25) is 0 Å². The van der Waals surface area contributed by atoms with Crippen LogP contribution in [0.4, 0.5) is 5.69 Å². The molecule has 1 rings (SSSR count). The lowest BCUT2D eigenvalue weighted by molar-refractivity contribution is -0.697. The average Bonchev–Trinajstić information content (AvgIpc) is 2.97. The molecule has 0 fully saturated rings. The number of pyridine rings is 1. The van der Waals surface area contributed by atoms with E-state index in [4.69, 9.17) is 18.5 Å². The summed E-state index contributed by atoms with van der Waals surface area (Å²) in [5, 5.41) is 0. The van der Waals surface area contributed by atoms with E-state index in [0.717, 1.165) is 25.8 Å². The topological polar surface area (TPSA) is 87.3 Å². The van der Waals surface area contributed by atoms with E-state index in [0.29, 0.717) is 26.2 Å². The van der Waals surface area contributed by atoms with Crippen molar-refractivity contribution in [3.05, 3.63) is 24.5 Å². The third-order valence-electron chi connectivity index (χ3n) is 7.48. The molecule has 1 unspecified atom stereocenters. The number of aromatic nitrogens is 1. The number of hydrogen-bond donors (Lipinski definition) is 1. The molecule has 1 aromatic rings. The molecule has 0 aliphatic heterocycles. The van der Waals surface area contributed by atoms with Crippen LogP contribution in [0.3, 0.4) is 0 Å². The summed E-state index contributed by atoms with van der Waals surface area (Å²) in [5.41, 5.74) is 1.17. The van der Waals surface area contributed by atoms with Gasteiger partial charge in [-0.1, -0.05) is 90.4 Å². The minimum Gasteiger partial charge on any atom is -0.606 e. The maximum atomic E-state index is 12.3. The van der Waals surface area contributed by atoms with Gasteiger partial charge in [0.25, 0.3) is 0 Å². The van der Waals surface area contributed by atoms with Crippen LogP contribution in [-0.4, -0.2) is 58.1 Å². The first-order valence-corrected chi connectivity index (χ1v) is 18.3. The molecule has 246 valence electrons. The van der Waals surface area contributed by atoms with Gasteiger partial charge in [0, 0.05) is 51.6 Å². The molecule has 42 heavy (non-hydrogen) atoms. The zero-order valence-corrected chi connectivity index (χ0v) is 28.4. The summed E-state index contributed by atoms with van der Waals surface area (Å²) in [6.07, 6.45) is 24.9. The summed E-state index contributed by atoms with van der Waals surface area (Å²) in [4.78, 5) is 24.4. The lowest BCUT2D eigenvalue weighted by Crippen LogP contribution is -2.32. The number of hydrogen-bond acceptors (Lipinski definition) is 7. The molecule has 1 heterocycles. The van der Waals surface area contributed by atoms with Gasteiger partial charge in [0.1, 0.15) is 19.3 Å². The molecule has 0 radical (unpaired) electrons. The van der Waals surface area contributed by atoms with E-state index in [2.05, 4.69) is 40.9 Å². The quantitative estimate of drug-likeness (QED) is 0.0557. The number of unbranched alkanes of at least 4 members (excludes halogenated alkanes) is 15. The van der Waals surface area contributed by atoms with E-state index in [1.807, 2.05) is 21.0 Å². The second-order valence-electron chi connectivity index (χ2n) is 11.6. The molecule has 0 bridgehead atoms. The van der Waals surface area contributed by atoms with Crippen molar-refractivity contribution in [3.8, 4) is 0 Å². The minimum absolute atomic E-state index is 0.0278. The van der Waals surface area contributed by atoms with Crippen molar-refractivity contribution >= 4 is 13.9 Å². The average molecular weight is 616 g/mol. The van der Waals surface area contributed by atoms with Crippen LogP contribution in [0.1, 0.15) is 123 Å². The Balaban J connectivity index is 2.00. The third-order valence-corrected chi connectivity index (χ3v) is 8.46. The van der Waals surface area contributed by atoms with Gasteiger partial charge < -0.3 is 19.3 Å². The molecule has 1 aromatic heterocycles. The van der Waals surface area contributed by atoms with E-state index in [-0.39, 0.29) is 19.3 Å². The fourth-order valence-corrected chi connectivity index (χ4v) is 5.65. The first-order valence-electron chi connectivity index (χ1n) is 16.9. The molecular formula is C33H64N2O6P+. The van der Waals surface area contributed by atoms with Gasteiger partial charge in [-0.3, -0.25) is 0 Å². The Kier molecular flexibility index (Phi) is 24.7. The van der Waals surface area contributed by atoms with Gasteiger partial charge in [0.15, 0.2) is 12.4 Å². The zero-order valence-electron chi connectivity index (χ0n) is 27.5. The summed E-state index contributed by atoms with van der Waals surface area (Å²) in [6.45, 7) is 6.73. The number of anilines is 1. The predicted octanol–water partition coefficient (Wildman–Crippen LogP) is 7.18. The maximum absolute atomic E-state index is 12.3. The summed E-state index contributed by atoms with van der Waals surface area (Å²) < 4.78 is 23.9. The number of rotatable bonds is 30. The zero-order chi connectivity index (χ0) is 30.7. The highest BCUT2D eigenvalue weighted by Gasteiger charge is 2.29. The first-order chi connectivity index (χ1) is 20.4. The molecule has 9 heteroatoms. The van der Waals surface area contributed by atoms with Crippen LogP contribution in [-0.2, 0) is 25.1 Å². The predicted molar refractivity (Wildman–Crippen MR) is 172 cm³/mol. The SMILES string of the molecule is CCCCCCCCCCCCCCCCOC[C@H](CO[P+]([O-])(O)OCCCCC[n+]1ccc(N(C)C)cc1)OCC. The number of ether oxygens (including phenoxy) is 2. The van der Waals surface area contributed by atoms with Crippen LogP contribution in [0, 0.1) is 0 Å². The summed E-state index contributed by atoms with van der Waals surface area (Å²) in [5.74, 6) is 0. The van der Waals surface area contributed by atoms with Crippen LogP contribution >= 0.6 is 8.17 Å². The standard InChI is InChI=1S/C33H63N2O6P/c1-5-7-8-9-10-11-12-13-14-15-16-17-18-21-28-38-30-33(39-6-2)31-41-42(36,37)40-29-22-19-20-25-35-26-23-32(24-27-35)34(3)4/h23-24,26-27,33H,5-22,25,28-31H2,1-4H3/p+1/t33-/m1/s1. The van der Waals surface area contributed by atoms with Crippen molar-refractivity contribution in [1.82, 2.24) is 0 Å². The lowest BCUT2D eigenvalue weighted by atomic mass is 10.0. The highest BCUT2D eigenvalue weighted by molar-refractivity contribution is 7.52. The van der Waals surface area contributed by atoms with Gasteiger partial charge >= 0.3 is 8.17 Å². The highest BCUT2D eigenvalue weighted by Crippen LogP contribution is 2.47. The largest absolute Gasteiger partial charge is 0.606 e. The maximum Gasteiger partial charge on any atom is 0.376 e. The number of phosphoric ester groups is 1. The third kappa shape index (κ3) is 22.6. The second-order valence-corrected chi connectivity index (χ2v) is 13.0. The highest BCUT2D eigenvalue weighted by atomic mass is 31.2. The second kappa shape index (κ2) is 26.5. The lowest BCUT2D eigenvalue weighted by Gasteiger charge is -2.23. The first kappa shape index (κ1) is 39.2. The van der Waals surface area contributed by atoms with E-state index >= 15 is 0 Å². The van der Waals surface area contributed by atoms with Crippen LogP contribution in [0.25, 0.3) is 0 Å². The van der Waals surface area contributed by atoms with Crippen molar-refractivity contribution in [1.29, 1.82) is 0 Å². The minimum atomic E-state index is -4.11. The Morgan fingerprint density at radius 2 is 1.26 bits per heavy atom. The fraction of sp³-hybridized carbons (Fsp3) is 0.848. The Hall–Kier alpha value is -0.860. The van der Waals surface area contributed by atoms with Crippen molar-refractivity contribution < 1.29 is 32.9 Å².